The van der Waals surface area contributed by atoms with Crippen LogP contribution in [0.1, 0.15) is 29.7 Å². The Hall–Kier alpha value is -1.94. The number of fused-ring (bicyclic) bond motifs is 2. The van der Waals surface area contributed by atoms with Crippen molar-refractivity contribution >= 4 is 17.8 Å². The molecule has 0 bridgehead atoms. The molecule has 3 rings (SSSR count). The summed E-state index contributed by atoms with van der Waals surface area (Å²) in [5, 5.41) is 5.93. The third-order valence-electron chi connectivity index (χ3n) is 3.59. The molecule has 0 fully saturated rings. The Morgan fingerprint density at radius 2 is 1.86 bits per heavy atom. The van der Waals surface area contributed by atoms with Crippen molar-refractivity contribution in [3.05, 3.63) is 65.2 Å². The Morgan fingerprint density at radius 3 is 2.67 bits per heavy atom. The summed E-state index contributed by atoms with van der Waals surface area (Å²) in [5.74, 6) is 0.931. The minimum Gasteiger partial charge on any atom is -0.338 e. The molecule has 2 amide bonds. The minimum atomic E-state index is -0.126. The summed E-state index contributed by atoms with van der Waals surface area (Å²) in [6, 6.07) is 16.4. The van der Waals surface area contributed by atoms with Gasteiger partial charge in [0.05, 0.1) is 6.04 Å². The highest BCUT2D eigenvalue weighted by atomic mass is 32.2. The van der Waals surface area contributed by atoms with Crippen molar-refractivity contribution in [1.82, 2.24) is 10.6 Å². The van der Waals surface area contributed by atoms with Gasteiger partial charge in [0.25, 0.3) is 0 Å². The first-order valence-corrected chi connectivity index (χ1v) is 8.12. The first-order chi connectivity index (χ1) is 10.3. The van der Waals surface area contributed by atoms with E-state index >= 15 is 0 Å². The van der Waals surface area contributed by atoms with Crippen LogP contribution in [-0.4, -0.2) is 12.6 Å². The van der Waals surface area contributed by atoms with Gasteiger partial charge < -0.3 is 10.6 Å². The summed E-state index contributed by atoms with van der Waals surface area (Å²) in [7, 11) is 0. The number of hydrogen-bond donors (Lipinski definition) is 2. The Bertz CT molecular complexity index is 609. The van der Waals surface area contributed by atoms with Crippen LogP contribution in [0.25, 0.3) is 0 Å². The Balaban J connectivity index is 2.04. The highest BCUT2D eigenvalue weighted by Gasteiger charge is 2.24. The van der Waals surface area contributed by atoms with Gasteiger partial charge in [-0.1, -0.05) is 42.5 Å². The maximum atomic E-state index is 12.0. The zero-order valence-corrected chi connectivity index (χ0v) is 12.7. The van der Waals surface area contributed by atoms with E-state index in [-0.39, 0.29) is 12.1 Å². The first kappa shape index (κ1) is 14.0. The normalized spacial score (nSPS) is 16.3. The fourth-order valence-corrected chi connectivity index (χ4v) is 3.72. The number of amides is 2. The van der Waals surface area contributed by atoms with Gasteiger partial charge in [0.1, 0.15) is 0 Å². The van der Waals surface area contributed by atoms with Crippen LogP contribution in [0.15, 0.2) is 53.4 Å². The van der Waals surface area contributed by atoms with Crippen molar-refractivity contribution in [2.45, 2.75) is 23.6 Å². The molecule has 2 aromatic carbocycles. The van der Waals surface area contributed by atoms with E-state index in [9.17, 15) is 4.79 Å². The quantitative estimate of drug-likeness (QED) is 0.887. The SMILES string of the molecule is CCNC(=O)N[C@H]1c2ccccc2CSc2ccccc21. The lowest BCUT2D eigenvalue weighted by Gasteiger charge is -2.21. The molecule has 0 saturated heterocycles. The van der Waals surface area contributed by atoms with Crippen LogP contribution in [0.3, 0.4) is 0 Å². The summed E-state index contributed by atoms with van der Waals surface area (Å²) in [6.45, 7) is 2.54. The van der Waals surface area contributed by atoms with E-state index in [1.807, 2.05) is 36.9 Å². The highest BCUT2D eigenvalue weighted by molar-refractivity contribution is 7.98. The number of hydrogen-bond acceptors (Lipinski definition) is 2. The van der Waals surface area contributed by atoms with Crippen molar-refractivity contribution in [3.8, 4) is 0 Å². The van der Waals surface area contributed by atoms with Crippen LogP contribution in [-0.2, 0) is 5.75 Å². The molecule has 0 radical (unpaired) electrons. The van der Waals surface area contributed by atoms with Crippen molar-refractivity contribution in [3.63, 3.8) is 0 Å². The van der Waals surface area contributed by atoms with Crippen LogP contribution in [0, 0.1) is 0 Å². The predicted molar refractivity (Wildman–Crippen MR) is 86.5 cm³/mol. The fraction of sp³-hybridized carbons (Fsp3) is 0.235. The Labute approximate surface area is 129 Å². The molecule has 0 unspecified atom stereocenters. The molecule has 1 heterocycles. The number of carbonyl (C=O) groups is 1. The second-order valence-corrected chi connectivity index (χ2v) is 5.98. The van der Waals surface area contributed by atoms with Gasteiger partial charge in [-0.25, -0.2) is 4.79 Å². The van der Waals surface area contributed by atoms with Crippen LogP contribution in [0.4, 0.5) is 4.79 Å². The smallest absolute Gasteiger partial charge is 0.315 e. The molecular formula is C17H18N2OS. The summed E-state index contributed by atoms with van der Waals surface area (Å²) < 4.78 is 0. The molecular weight excluding hydrogens is 280 g/mol. The van der Waals surface area contributed by atoms with Gasteiger partial charge in [0.2, 0.25) is 0 Å². The lowest BCUT2D eigenvalue weighted by atomic mass is 9.95. The number of nitrogens with one attached hydrogen (secondary N) is 2. The monoisotopic (exact) mass is 298 g/mol. The molecule has 108 valence electrons. The minimum absolute atomic E-state index is 0.0982. The van der Waals surface area contributed by atoms with Gasteiger partial charge in [-0.15, -0.1) is 11.8 Å². The van der Waals surface area contributed by atoms with Gasteiger partial charge in [0.15, 0.2) is 0 Å². The van der Waals surface area contributed by atoms with Crippen molar-refractivity contribution in [1.29, 1.82) is 0 Å². The maximum absolute atomic E-state index is 12.0. The molecule has 2 aromatic rings. The van der Waals surface area contributed by atoms with Gasteiger partial charge in [-0.05, 0) is 29.7 Å². The zero-order valence-electron chi connectivity index (χ0n) is 11.9. The van der Waals surface area contributed by atoms with E-state index in [1.54, 1.807) is 0 Å². The first-order valence-electron chi connectivity index (χ1n) is 7.13. The van der Waals surface area contributed by atoms with Crippen molar-refractivity contribution in [2.75, 3.05) is 6.54 Å². The van der Waals surface area contributed by atoms with Crippen molar-refractivity contribution < 1.29 is 4.79 Å². The molecule has 3 nitrogen and oxygen atoms in total. The average Bonchev–Trinajstić information content (AvgIpc) is 2.66. The fourth-order valence-electron chi connectivity index (χ4n) is 2.62. The summed E-state index contributed by atoms with van der Waals surface area (Å²) in [4.78, 5) is 13.2. The summed E-state index contributed by atoms with van der Waals surface area (Å²) in [5.41, 5.74) is 3.63. The second kappa shape index (κ2) is 6.22. The molecule has 1 atom stereocenters. The van der Waals surface area contributed by atoms with Gasteiger partial charge in [-0.3, -0.25) is 0 Å². The molecule has 2 N–H and O–H groups in total. The topological polar surface area (TPSA) is 41.1 Å². The van der Waals surface area contributed by atoms with Crippen LogP contribution in [0.5, 0.6) is 0 Å². The van der Waals surface area contributed by atoms with E-state index in [0.717, 1.165) is 5.75 Å². The molecule has 0 spiro atoms. The highest BCUT2D eigenvalue weighted by Crippen LogP contribution is 2.39. The number of thioether (sulfide) groups is 1. The molecule has 1 aliphatic heterocycles. The number of urea groups is 1. The van der Waals surface area contributed by atoms with Gasteiger partial charge in [-0.2, -0.15) is 0 Å². The second-order valence-electron chi connectivity index (χ2n) is 4.96. The van der Waals surface area contributed by atoms with Gasteiger partial charge >= 0.3 is 6.03 Å². The molecule has 4 heteroatoms. The third kappa shape index (κ3) is 2.90. The largest absolute Gasteiger partial charge is 0.338 e. The lowest BCUT2D eigenvalue weighted by Crippen LogP contribution is -2.38. The van der Waals surface area contributed by atoms with Crippen molar-refractivity contribution in [2.24, 2.45) is 0 Å². The Kier molecular flexibility index (Phi) is 4.15. The van der Waals surface area contributed by atoms with E-state index < -0.39 is 0 Å². The van der Waals surface area contributed by atoms with E-state index in [0.29, 0.717) is 6.54 Å². The van der Waals surface area contributed by atoms with Crippen LogP contribution >= 0.6 is 11.8 Å². The number of carbonyl (C=O) groups excluding carboxylic acids is 1. The molecule has 1 aliphatic rings. The number of benzene rings is 2. The number of rotatable bonds is 2. The third-order valence-corrected chi connectivity index (χ3v) is 4.73. The van der Waals surface area contributed by atoms with Crippen LogP contribution in [0.2, 0.25) is 0 Å². The summed E-state index contributed by atoms with van der Waals surface area (Å²) >= 11 is 1.82. The lowest BCUT2D eigenvalue weighted by molar-refractivity contribution is 0.239. The van der Waals surface area contributed by atoms with Crippen LogP contribution < -0.4 is 10.6 Å². The van der Waals surface area contributed by atoms with Gasteiger partial charge in [0, 0.05) is 17.2 Å². The predicted octanol–water partition coefficient (Wildman–Crippen LogP) is 3.70. The van der Waals surface area contributed by atoms with E-state index in [2.05, 4.69) is 41.0 Å². The Morgan fingerprint density at radius 1 is 1.14 bits per heavy atom. The zero-order chi connectivity index (χ0) is 14.7. The molecule has 21 heavy (non-hydrogen) atoms. The van der Waals surface area contributed by atoms with E-state index in [1.165, 1.54) is 21.6 Å². The maximum Gasteiger partial charge on any atom is 0.315 e. The summed E-state index contributed by atoms with van der Waals surface area (Å²) in [6.07, 6.45) is 0. The average molecular weight is 298 g/mol. The molecule has 0 aliphatic carbocycles. The van der Waals surface area contributed by atoms with E-state index in [4.69, 9.17) is 0 Å². The molecule has 0 aromatic heterocycles. The standard InChI is InChI=1S/C17H18N2OS/c1-2-18-17(20)19-16-13-8-4-3-7-12(13)11-21-15-10-6-5-9-14(15)16/h3-10,16H,2,11H2,1H3,(H2,18,19,20)/t16-/m0/s1. The molecule has 0 saturated carbocycles.